The minimum absolute atomic E-state index is 0.0461. The van der Waals surface area contributed by atoms with Crippen molar-refractivity contribution in [2.45, 2.75) is 56.0 Å². The number of hydrogen-bond acceptors (Lipinski definition) is 5. The van der Waals surface area contributed by atoms with Crippen LogP contribution in [0, 0.1) is 17.8 Å². The van der Waals surface area contributed by atoms with E-state index in [1.165, 1.54) is 37.4 Å². The van der Waals surface area contributed by atoms with Crippen LogP contribution >= 0.6 is 11.8 Å². The van der Waals surface area contributed by atoms with Gasteiger partial charge < -0.3 is 9.73 Å². The smallest absolute Gasteiger partial charge is 0.277 e. The number of aromatic nitrogens is 2. The highest BCUT2D eigenvalue weighted by atomic mass is 32.2. The standard InChI is InChI=1S/C20H25N3O2S/c1-12(17-11-14-8-9-16(17)10-14)21-18(24)13(2)26-20-23-22-19(25-20)15-6-4-3-5-7-15/h3-7,12-14,16-17H,8-11H2,1-2H3,(H,21,24). The molecule has 0 saturated heterocycles. The molecule has 5 nitrogen and oxygen atoms in total. The van der Waals surface area contributed by atoms with Gasteiger partial charge in [-0.3, -0.25) is 4.79 Å². The second-order valence-electron chi connectivity index (χ2n) is 7.64. The summed E-state index contributed by atoms with van der Waals surface area (Å²) in [7, 11) is 0. The predicted molar refractivity (Wildman–Crippen MR) is 102 cm³/mol. The first-order chi connectivity index (χ1) is 12.6. The zero-order valence-corrected chi connectivity index (χ0v) is 16.0. The highest BCUT2D eigenvalue weighted by Gasteiger charge is 2.42. The van der Waals surface area contributed by atoms with Crippen molar-refractivity contribution in [3.63, 3.8) is 0 Å². The summed E-state index contributed by atoms with van der Waals surface area (Å²) in [5.74, 6) is 2.87. The Bertz CT molecular complexity index is 763. The number of thioether (sulfide) groups is 1. The number of benzene rings is 1. The molecule has 2 saturated carbocycles. The molecule has 1 N–H and O–H groups in total. The zero-order chi connectivity index (χ0) is 18.1. The molecule has 0 spiro atoms. The van der Waals surface area contributed by atoms with Crippen LogP contribution in [0.2, 0.25) is 0 Å². The molecular weight excluding hydrogens is 346 g/mol. The number of nitrogens with one attached hydrogen (secondary N) is 1. The summed E-state index contributed by atoms with van der Waals surface area (Å²) in [4.78, 5) is 12.6. The number of fused-ring (bicyclic) bond motifs is 2. The molecule has 0 radical (unpaired) electrons. The molecule has 26 heavy (non-hydrogen) atoms. The Balaban J connectivity index is 1.32. The van der Waals surface area contributed by atoms with Gasteiger partial charge in [0.05, 0.1) is 5.25 Å². The van der Waals surface area contributed by atoms with Crippen LogP contribution in [0.15, 0.2) is 40.0 Å². The number of amides is 1. The molecule has 1 aromatic heterocycles. The van der Waals surface area contributed by atoms with Crippen LogP contribution in [0.3, 0.4) is 0 Å². The first-order valence-corrected chi connectivity index (χ1v) is 10.3. The van der Waals surface area contributed by atoms with Gasteiger partial charge in [-0.25, -0.2) is 0 Å². The summed E-state index contributed by atoms with van der Waals surface area (Å²) in [6.45, 7) is 4.04. The van der Waals surface area contributed by atoms with Gasteiger partial charge in [-0.05, 0) is 63.0 Å². The first-order valence-electron chi connectivity index (χ1n) is 9.46. The Hall–Kier alpha value is -1.82. The van der Waals surface area contributed by atoms with Crippen LogP contribution in [0.1, 0.15) is 39.5 Å². The Kier molecular flexibility index (Phi) is 5.02. The van der Waals surface area contributed by atoms with Gasteiger partial charge in [0.25, 0.3) is 5.22 Å². The molecule has 138 valence electrons. The summed E-state index contributed by atoms with van der Waals surface area (Å²) in [5, 5.41) is 11.5. The molecule has 1 heterocycles. The fourth-order valence-corrected chi connectivity index (χ4v) is 5.21. The first kappa shape index (κ1) is 17.6. The molecule has 6 heteroatoms. The predicted octanol–water partition coefficient (Wildman–Crippen LogP) is 4.16. The van der Waals surface area contributed by atoms with Gasteiger partial charge in [0.15, 0.2) is 0 Å². The maximum atomic E-state index is 12.6. The lowest BCUT2D eigenvalue weighted by atomic mass is 9.84. The largest absolute Gasteiger partial charge is 0.411 e. The second-order valence-corrected chi connectivity index (χ2v) is 8.93. The van der Waals surface area contributed by atoms with Crippen LogP contribution in [0.25, 0.3) is 11.5 Å². The molecule has 4 rings (SSSR count). The Morgan fingerprint density at radius 2 is 2.00 bits per heavy atom. The van der Waals surface area contributed by atoms with Gasteiger partial charge in [-0.1, -0.05) is 36.4 Å². The van der Waals surface area contributed by atoms with E-state index >= 15 is 0 Å². The molecule has 1 amide bonds. The summed E-state index contributed by atoms with van der Waals surface area (Å²) in [6.07, 6.45) is 5.36. The van der Waals surface area contributed by atoms with Gasteiger partial charge >= 0.3 is 0 Å². The van der Waals surface area contributed by atoms with E-state index in [0.717, 1.165) is 17.4 Å². The van der Waals surface area contributed by atoms with E-state index < -0.39 is 0 Å². The van der Waals surface area contributed by atoms with E-state index in [4.69, 9.17) is 4.42 Å². The fraction of sp³-hybridized carbons (Fsp3) is 0.550. The van der Waals surface area contributed by atoms with E-state index in [0.29, 0.717) is 17.0 Å². The zero-order valence-electron chi connectivity index (χ0n) is 15.2. The van der Waals surface area contributed by atoms with Crippen molar-refractivity contribution in [1.29, 1.82) is 0 Å². The van der Waals surface area contributed by atoms with Crippen LogP contribution in [-0.2, 0) is 4.79 Å². The average Bonchev–Trinajstić information content (AvgIpc) is 3.39. The molecular formula is C20H25N3O2S. The third-order valence-electron chi connectivity index (χ3n) is 5.88. The van der Waals surface area contributed by atoms with Crippen molar-refractivity contribution >= 4 is 17.7 Å². The molecule has 2 aliphatic carbocycles. The number of carbonyl (C=O) groups excluding carboxylic acids is 1. The van der Waals surface area contributed by atoms with E-state index in [-0.39, 0.29) is 17.2 Å². The lowest BCUT2D eigenvalue weighted by molar-refractivity contribution is -0.121. The molecule has 1 aromatic carbocycles. The van der Waals surface area contributed by atoms with Crippen LogP contribution in [0.4, 0.5) is 0 Å². The van der Waals surface area contributed by atoms with Crippen molar-refractivity contribution in [2.24, 2.45) is 17.8 Å². The number of hydrogen-bond donors (Lipinski definition) is 1. The summed E-state index contributed by atoms with van der Waals surface area (Å²) in [5.41, 5.74) is 0.883. The quantitative estimate of drug-likeness (QED) is 0.772. The fourth-order valence-electron chi connectivity index (χ4n) is 4.51. The van der Waals surface area contributed by atoms with Crippen molar-refractivity contribution < 1.29 is 9.21 Å². The van der Waals surface area contributed by atoms with E-state index in [1.54, 1.807) is 0 Å². The highest BCUT2D eigenvalue weighted by molar-refractivity contribution is 8.00. The minimum Gasteiger partial charge on any atom is -0.411 e. The van der Waals surface area contributed by atoms with Crippen molar-refractivity contribution in [3.05, 3.63) is 30.3 Å². The third-order valence-corrected chi connectivity index (χ3v) is 6.81. The Labute approximate surface area is 158 Å². The maximum absolute atomic E-state index is 12.6. The maximum Gasteiger partial charge on any atom is 0.277 e. The van der Waals surface area contributed by atoms with Crippen molar-refractivity contribution in [1.82, 2.24) is 15.5 Å². The SMILES string of the molecule is CC(Sc1nnc(-c2ccccc2)o1)C(=O)NC(C)C1CC2CCC1C2. The molecule has 2 fully saturated rings. The average molecular weight is 372 g/mol. The van der Waals surface area contributed by atoms with Gasteiger partial charge in [-0.15, -0.1) is 10.2 Å². The van der Waals surface area contributed by atoms with Gasteiger partial charge in [-0.2, -0.15) is 0 Å². The number of rotatable bonds is 6. The molecule has 2 aliphatic rings. The third kappa shape index (κ3) is 3.65. The summed E-state index contributed by atoms with van der Waals surface area (Å²) < 4.78 is 5.70. The van der Waals surface area contributed by atoms with E-state index in [9.17, 15) is 4.79 Å². The molecule has 0 aliphatic heterocycles. The highest BCUT2D eigenvalue weighted by Crippen LogP contribution is 2.49. The summed E-state index contributed by atoms with van der Waals surface area (Å²) in [6, 6.07) is 9.89. The van der Waals surface area contributed by atoms with Crippen LogP contribution in [-0.4, -0.2) is 27.4 Å². The van der Waals surface area contributed by atoms with E-state index in [2.05, 4.69) is 22.4 Å². The molecule has 2 bridgehead atoms. The van der Waals surface area contributed by atoms with Gasteiger partial charge in [0.2, 0.25) is 11.8 Å². The number of carbonyl (C=O) groups is 1. The Morgan fingerprint density at radius 1 is 1.19 bits per heavy atom. The lowest BCUT2D eigenvalue weighted by Gasteiger charge is -2.29. The normalized spacial score (nSPS) is 26.6. The molecule has 5 unspecified atom stereocenters. The summed E-state index contributed by atoms with van der Waals surface area (Å²) >= 11 is 1.31. The molecule has 5 atom stereocenters. The number of nitrogens with zero attached hydrogens (tertiary/aromatic N) is 2. The minimum atomic E-state index is -0.264. The van der Waals surface area contributed by atoms with Crippen LogP contribution < -0.4 is 5.32 Å². The van der Waals surface area contributed by atoms with Crippen LogP contribution in [0.5, 0.6) is 0 Å². The van der Waals surface area contributed by atoms with Crippen molar-refractivity contribution in [2.75, 3.05) is 0 Å². The molecule has 2 aromatic rings. The van der Waals surface area contributed by atoms with Crippen molar-refractivity contribution in [3.8, 4) is 11.5 Å². The lowest BCUT2D eigenvalue weighted by Crippen LogP contribution is -2.43. The second kappa shape index (κ2) is 7.43. The Morgan fingerprint density at radius 3 is 2.69 bits per heavy atom. The topological polar surface area (TPSA) is 68.0 Å². The van der Waals surface area contributed by atoms with Gasteiger partial charge in [0.1, 0.15) is 0 Å². The van der Waals surface area contributed by atoms with Gasteiger partial charge in [0, 0.05) is 11.6 Å². The monoisotopic (exact) mass is 371 g/mol. The van der Waals surface area contributed by atoms with E-state index in [1.807, 2.05) is 37.3 Å².